The van der Waals surface area contributed by atoms with E-state index in [1.54, 1.807) is 6.20 Å². The first-order chi connectivity index (χ1) is 28.7. The van der Waals surface area contributed by atoms with Crippen molar-refractivity contribution in [1.29, 1.82) is 0 Å². The van der Waals surface area contributed by atoms with Gasteiger partial charge in [0.1, 0.15) is 36.3 Å². The Bertz CT molecular complexity index is 2570. The van der Waals surface area contributed by atoms with E-state index in [0.717, 1.165) is 74.9 Å². The lowest BCUT2D eigenvalue weighted by Crippen LogP contribution is -2.41. The maximum Gasteiger partial charge on any atom is 0.228 e. The molecule has 2 fully saturated rings. The van der Waals surface area contributed by atoms with Crippen molar-refractivity contribution in [3.05, 3.63) is 84.7 Å². The number of nitrogens with zero attached hydrogens (tertiary/aromatic N) is 4. The summed E-state index contributed by atoms with van der Waals surface area (Å²) in [6, 6.07) is 22.0. The molecule has 0 spiro atoms. The van der Waals surface area contributed by atoms with E-state index in [0.29, 0.717) is 37.0 Å². The number of pyridine rings is 2. The van der Waals surface area contributed by atoms with Crippen molar-refractivity contribution < 1.29 is 28.6 Å². The molecule has 4 heterocycles. The molecule has 2 amide bonds. The highest BCUT2D eigenvalue weighted by molar-refractivity contribution is 6.74. The van der Waals surface area contributed by atoms with Crippen LogP contribution in [0.2, 0.25) is 18.1 Å². The summed E-state index contributed by atoms with van der Waals surface area (Å²) in [7, 11) is 2.02. The van der Waals surface area contributed by atoms with Crippen LogP contribution in [0.4, 0.5) is 11.6 Å². The molecule has 12 nitrogen and oxygen atoms in total. The van der Waals surface area contributed by atoms with E-state index in [9.17, 15) is 14.7 Å². The summed E-state index contributed by atoms with van der Waals surface area (Å²) in [5, 5.41) is 17.4. The molecule has 0 saturated heterocycles. The molecule has 2 atom stereocenters. The molecule has 0 radical (unpaired) electrons. The van der Waals surface area contributed by atoms with Crippen LogP contribution in [0.5, 0.6) is 11.5 Å². The smallest absolute Gasteiger partial charge is 0.228 e. The monoisotopic (exact) mass is 828 g/mol. The van der Waals surface area contributed by atoms with Gasteiger partial charge in [0.15, 0.2) is 8.32 Å². The number of ether oxygens (including phenoxy) is 2. The minimum Gasteiger partial charge on any atom is -0.490 e. The summed E-state index contributed by atoms with van der Waals surface area (Å²) in [6.07, 6.45) is 6.90. The molecular formula is C47H56N6O6Si. The van der Waals surface area contributed by atoms with Gasteiger partial charge in [-0.2, -0.15) is 0 Å². The number of rotatable bonds is 16. The van der Waals surface area contributed by atoms with Gasteiger partial charge >= 0.3 is 0 Å². The second kappa shape index (κ2) is 16.5. The predicted octanol–water partition coefficient (Wildman–Crippen LogP) is 8.73. The number of aromatic nitrogens is 4. The van der Waals surface area contributed by atoms with Gasteiger partial charge in [0.2, 0.25) is 11.8 Å². The SMILES string of the molecule is Cn1c(-c2ccccc2OCCO)cc2cc(NC(=O)C3CC3Cc3cccc(-c4cc5cc(NC(=O)C6CC6)ncc5n4C)c3OCCO[Si](C)(C)C(C)(C)C)ncc21. The lowest BCUT2D eigenvalue weighted by molar-refractivity contribution is -0.118. The molecule has 2 unspecified atom stereocenters. The quantitative estimate of drug-likeness (QED) is 0.0650. The van der Waals surface area contributed by atoms with Gasteiger partial charge in [-0.3, -0.25) is 9.59 Å². The molecule has 0 aliphatic heterocycles. The van der Waals surface area contributed by atoms with Crippen molar-refractivity contribution in [2.75, 3.05) is 37.1 Å². The number of aliphatic hydroxyl groups excluding tert-OH is 1. The van der Waals surface area contributed by atoms with Crippen LogP contribution in [-0.2, 0) is 34.5 Å². The van der Waals surface area contributed by atoms with Crippen LogP contribution in [0.25, 0.3) is 44.3 Å². The molecule has 8 rings (SSSR count). The van der Waals surface area contributed by atoms with E-state index in [1.807, 2.05) is 56.7 Å². The number of hydrogen-bond donors (Lipinski definition) is 3. The molecular weight excluding hydrogens is 773 g/mol. The molecule has 2 aliphatic carbocycles. The molecule has 60 heavy (non-hydrogen) atoms. The van der Waals surface area contributed by atoms with Crippen LogP contribution in [0.1, 0.15) is 45.6 Å². The molecule has 2 aliphatic rings. The molecule has 4 aromatic heterocycles. The van der Waals surface area contributed by atoms with Crippen LogP contribution in [0.15, 0.2) is 79.1 Å². The highest BCUT2D eigenvalue weighted by Crippen LogP contribution is 2.46. The van der Waals surface area contributed by atoms with E-state index in [1.165, 1.54) is 0 Å². The number of fused-ring (bicyclic) bond motifs is 2. The van der Waals surface area contributed by atoms with Crippen molar-refractivity contribution in [2.24, 2.45) is 31.8 Å². The Labute approximate surface area is 352 Å². The van der Waals surface area contributed by atoms with Gasteiger partial charge < -0.3 is 38.8 Å². The van der Waals surface area contributed by atoms with Crippen molar-refractivity contribution in [3.63, 3.8) is 0 Å². The Morgan fingerprint density at radius 1 is 0.800 bits per heavy atom. The zero-order valence-electron chi connectivity index (χ0n) is 35.7. The first kappa shape index (κ1) is 41.2. The normalized spacial score (nSPS) is 16.6. The Morgan fingerprint density at radius 3 is 2.05 bits per heavy atom. The average Bonchev–Trinajstić information content (AvgIpc) is 4.15. The zero-order valence-corrected chi connectivity index (χ0v) is 36.7. The van der Waals surface area contributed by atoms with E-state index < -0.39 is 8.32 Å². The molecule has 314 valence electrons. The summed E-state index contributed by atoms with van der Waals surface area (Å²) < 4.78 is 23.2. The number of anilines is 2. The summed E-state index contributed by atoms with van der Waals surface area (Å²) in [4.78, 5) is 35.4. The Morgan fingerprint density at radius 2 is 1.42 bits per heavy atom. The van der Waals surface area contributed by atoms with Crippen LogP contribution in [0, 0.1) is 17.8 Å². The van der Waals surface area contributed by atoms with Gasteiger partial charge in [-0.1, -0.05) is 45.0 Å². The van der Waals surface area contributed by atoms with Crippen LogP contribution in [-0.4, -0.2) is 70.8 Å². The number of carbonyl (C=O) groups excluding carboxylic acids is 2. The zero-order chi connectivity index (χ0) is 42.3. The fourth-order valence-electron chi connectivity index (χ4n) is 7.72. The summed E-state index contributed by atoms with van der Waals surface area (Å²) in [6.45, 7) is 12.2. The third-order valence-electron chi connectivity index (χ3n) is 12.5. The maximum absolute atomic E-state index is 13.7. The predicted molar refractivity (Wildman–Crippen MR) is 239 cm³/mol. The van der Waals surface area contributed by atoms with E-state index in [-0.39, 0.29) is 47.8 Å². The van der Waals surface area contributed by atoms with Crippen molar-refractivity contribution >= 4 is 53.6 Å². The molecule has 6 aromatic rings. The van der Waals surface area contributed by atoms with Crippen molar-refractivity contribution in [1.82, 2.24) is 19.1 Å². The Kier molecular flexibility index (Phi) is 11.3. The maximum atomic E-state index is 13.7. The molecule has 3 N–H and O–H groups in total. The fourth-order valence-corrected chi connectivity index (χ4v) is 8.75. The first-order valence-electron chi connectivity index (χ1n) is 21.0. The fraction of sp³-hybridized carbons (Fsp3) is 0.404. The molecule has 2 aromatic carbocycles. The average molecular weight is 829 g/mol. The van der Waals surface area contributed by atoms with E-state index >= 15 is 0 Å². The van der Waals surface area contributed by atoms with Crippen molar-refractivity contribution in [2.45, 2.75) is 64.6 Å². The lowest BCUT2D eigenvalue weighted by atomic mass is 10.0. The summed E-state index contributed by atoms with van der Waals surface area (Å²) >= 11 is 0. The number of benzene rings is 2. The Hall–Kier alpha value is -5.50. The molecule has 13 heteroatoms. The van der Waals surface area contributed by atoms with Gasteiger partial charge in [-0.15, -0.1) is 0 Å². The minimum absolute atomic E-state index is 0.0278. The summed E-state index contributed by atoms with van der Waals surface area (Å²) in [5.74, 6) is 2.60. The second-order valence-electron chi connectivity index (χ2n) is 17.8. The molecule has 2 saturated carbocycles. The second-order valence-corrected chi connectivity index (χ2v) is 22.6. The highest BCUT2D eigenvalue weighted by atomic mass is 28.4. The largest absolute Gasteiger partial charge is 0.490 e. The molecule has 0 bridgehead atoms. The Balaban J connectivity index is 1.01. The number of hydrogen-bond acceptors (Lipinski definition) is 8. The number of aryl methyl sites for hydroxylation is 2. The van der Waals surface area contributed by atoms with Gasteiger partial charge in [0.05, 0.1) is 48.0 Å². The van der Waals surface area contributed by atoms with Gasteiger partial charge in [-0.05, 0) is 97.8 Å². The van der Waals surface area contributed by atoms with E-state index in [4.69, 9.17) is 13.9 Å². The van der Waals surface area contributed by atoms with Crippen molar-refractivity contribution in [3.8, 4) is 34.0 Å². The number of carbonyl (C=O) groups is 2. The van der Waals surface area contributed by atoms with Gasteiger partial charge in [0, 0.05) is 47.8 Å². The standard InChI is InChI=1S/C47H56N6O6Si/c1-47(2,3)60(6,7)59-20-19-58-44-30(11-10-13-35(44)38-24-33-25-42(48-28-40(33)53(38)5)50-45(55)29-15-16-29)21-31-22-36(31)46(56)51-43-26-32-23-37(52(4)39(32)27-49-43)34-12-8-9-14-41(34)57-18-17-54/h8-14,23-29,31,36,54H,15-22H2,1-7H3,(H,48,50,55)(H,49,51,56). The third-order valence-corrected chi connectivity index (χ3v) is 17.1. The first-order valence-corrected chi connectivity index (χ1v) is 23.9. The van der Waals surface area contributed by atoms with Crippen LogP contribution < -0.4 is 20.1 Å². The number of nitrogens with one attached hydrogen (secondary N) is 2. The number of amides is 2. The van der Waals surface area contributed by atoms with E-state index in [2.05, 4.69) is 93.9 Å². The van der Waals surface area contributed by atoms with Crippen LogP contribution >= 0.6 is 0 Å². The lowest BCUT2D eigenvalue weighted by Gasteiger charge is -2.36. The van der Waals surface area contributed by atoms with Crippen LogP contribution in [0.3, 0.4) is 0 Å². The number of para-hydroxylation sites is 2. The topological polar surface area (TPSA) is 142 Å². The number of aliphatic hydroxyl groups is 1. The van der Waals surface area contributed by atoms with Gasteiger partial charge in [-0.25, -0.2) is 9.97 Å². The summed E-state index contributed by atoms with van der Waals surface area (Å²) in [5.41, 5.74) is 6.69. The third kappa shape index (κ3) is 8.56. The minimum atomic E-state index is -1.98. The highest BCUT2D eigenvalue weighted by Gasteiger charge is 2.43. The van der Waals surface area contributed by atoms with Gasteiger partial charge in [0.25, 0.3) is 0 Å².